The standard InChI is InChI=1S/C61H61FN6O5/c1-38-51(62)34-52-50(37-68(65-52)61(42-20-12-7-13-21-42,43-22-14-8-15-23-43)44-24-16-9-17-25-44)53(38)54-48(41-26-27-41)33-49-55(56(54)71-39(2)40-18-10-6-11-19-40)63-58(72-47-28-30-70-31-29-47)64-57(49)66-35-46-32-45(66)36-67(46)59(69)73-60(3,4)5/h6-25,33-34,37,39,41,45-47H,26-32,35-36H2,1-5H3/t39-,45-,46-/m0/s1. The van der Waals surface area contributed by atoms with Gasteiger partial charge in [-0.3, -0.25) is 4.68 Å². The lowest BCUT2D eigenvalue weighted by atomic mass is 9.77. The Bertz CT molecular complexity index is 3220. The Morgan fingerprint density at radius 3 is 1.95 bits per heavy atom. The van der Waals surface area contributed by atoms with Gasteiger partial charge in [0.05, 0.1) is 30.8 Å². The number of ether oxygens (including phenoxy) is 4. The molecule has 0 spiro atoms. The number of aromatic nitrogens is 4. The van der Waals surface area contributed by atoms with E-state index in [1.165, 1.54) is 0 Å². The van der Waals surface area contributed by atoms with E-state index in [9.17, 15) is 4.79 Å². The minimum Gasteiger partial charge on any atom is -0.483 e. The van der Waals surface area contributed by atoms with Gasteiger partial charge in [-0.05, 0) is 99.2 Å². The van der Waals surface area contributed by atoms with E-state index in [0.717, 1.165) is 69.2 Å². The Balaban J connectivity index is 1.12. The summed E-state index contributed by atoms with van der Waals surface area (Å²) < 4.78 is 45.2. The smallest absolute Gasteiger partial charge is 0.410 e. The van der Waals surface area contributed by atoms with Crippen molar-refractivity contribution in [1.82, 2.24) is 24.6 Å². The first-order valence-electron chi connectivity index (χ1n) is 25.9. The second-order valence-electron chi connectivity index (χ2n) is 21.3. The number of hydrogen-bond acceptors (Lipinski definition) is 9. The largest absolute Gasteiger partial charge is 0.483 e. The molecule has 3 saturated heterocycles. The molecule has 73 heavy (non-hydrogen) atoms. The van der Waals surface area contributed by atoms with E-state index in [0.29, 0.717) is 67.1 Å². The van der Waals surface area contributed by atoms with Gasteiger partial charge in [-0.1, -0.05) is 121 Å². The number of likely N-dealkylation sites (tertiary alicyclic amines) is 1. The summed E-state index contributed by atoms with van der Waals surface area (Å²) in [7, 11) is 0. The summed E-state index contributed by atoms with van der Waals surface area (Å²) in [5.41, 5.74) is 6.60. The van der Waals surface area contributed by atoms with Crippen LogP contribution in [0.4, 0.5) is 15.0 Å². The third-order valence-electron chi connectivity index (χ3n) is 15.3. The van der Waals surface area contributed by atoms with Gasteiger partial charge in [0.2, 0.25) is 0 Å². The predicted molar refractivity (Wildman–Crippen MR) is 282 cm³/mol. The van der Waals surface area contributed by atoms with Crippen molar-refractivity contribution in [3.63, 3.8) is 0 Å². The highest BCUT2D eigenvalue weighted by Crippen LogP contribution is 2.55. The SMILES string of the molecule is Cc1c(F)cc2nn(C(c3ccccc3)(c3ccccc3)c3ccccc3)cc2c1-c1c(C2CC2)cc2c(N3C[C@@H]4C[C@H]3CN4C(=O)OC(C)(C)C)nc(OC3CCOCC3)nc2c1O[C@@H](C)c1ccccc1. The van der Waals surface area contributed by atoms with Crippen LogP contribution in [0.1, 0.15) is 105 Å². The quantitative estimate of drug-likeness (QED) is 0.111. The molecule has 3 aliphatic heterocycles. The van der Waals surface area contributed by atoms with Crippen LogP contribution in [0.25, 0.3) is 32.9 Å². The van der Waals surface area contributed by atoms with E-state index < -0.39 is 17.2 Å². The normalized spacial score (nSPS) is 18.7. The van der Waals surface area contributed by atoms with Crippen molar-refractivity contribution in [2.75, 3.05) is 31.2 Å². The summed E-state index contributed by atoms with van der Waals surface area (Å²) in [6.45, 7) is 11.9. The molecule has 0 radical (unpaired) electrons. The zero-order valence-electron chi connectivity index (χ0n) is 42.1. The molecule has 372 valence electrons. The van der Waals surface area contributed by atoms with Crippen molar-refractivity contribution >= 4 is 33.7 Å². The van der Waals surface area contributed by atoms with Gasteiger partial charge in [0.1, 0.15) is 40.5 Å². The van der Waals surface area contributed by atoms with Gasteiger partial charge in [-0.15, -0.1) is 0 Å². The third kappa shape index (κ3) is 8.53. The molecular weight excluding hydrogens is 916 g/mol. The fourth-order valence-electron chi connectivity index (χ4n) is 11.6. The number of piperazine rings is 1. The van der Waals surface area contributed by atoms with Gasteiger partial charge in [0.15, 0.2) is 5.75 Å². The molecule has 1 saturated carbocycles. The lowest BCUT2D eigenvalue weighted by Crippen LogP contribution is -2.50. The monoisotopic (exact) mass is 976 g/mol. The molecule has 0 N–H and O–H groups in total. The van der Waals surface area contributed by atoms with Gasteiger partial charge >= 0.3 is 12.1 Å². The van der Waals surface area contributed by atoms with Crippen LogP contribution in [0.2, 0.25) is 0 Å². The van der Waals surface area contributed by atoms with Crippen LogP contribution in [-0.4, -0.2) is 80.8 Å². The van der Waals surface area contributed by atoms with Crippen molar-refractivity contribution in [3.8, 4) is 22.9 Å². The Kier molecular flexibility index (Phi) is 11.9. The summed E-state index contributed by atoms with van der Waals surface area (Å²) in [6.07, 6.45) is 5.34. The molecule has 12 heteroatoms. The second kappa shape index (κ2) is 18.6. The lowest BCUT2D eigenvalue weighted by Gasteiger charge is -2.36. The number of hydrogen-bond donors (Lipinski definition) is 0. The van der Waals surface area contributed by atoms with Gasteiger partial charge in [-0.2, -0.15) is 15.1 Å². The van der Waals surface area contributed by atoms with Crippen LogP contribution in [-0.2, 0) is 15.0 Å². The summed E-state index contributed by atoms with van der Waals surface area (Å²) in [5.74, 6) is 1.08. The predicted octanol–water partition coefficient (Wildman–Crippen LogP) is 12.7. The van der Waals surface area contributed by atoms with Gasteiger partial charge in [-0.25, -0.2) is 9.18 Å². The summed E-state index contributed by atoms with van der Waals surface area (Å²) in [4.78, 5) is 28.4. The van der Waals surface area contributed by atoms with Gasteiger partial charge in [0, 0.05) is 60.1 Å². The van der Waals surface area contributed by atoms with Crippen LogP contribution in [0.3, 0.4) is 0 Å². The van der Waals surface area contributed by atoms with E-state index in [1.807, 2.05) is 73.7 Å². The number of anilines is 1. The zero-order chi connectivity index (χ0) is 50.0. The zero-order valence-corrected chi connectivity index (χ0v) is 42.1. The average molecular weight is 977 g/mol. The van der Waals surface area contributed by atoms with E-state index >= 15 is 4.39 Å². The van der Waals surface area contributed by atoms with Crippen LogP contribution < -0.4 is 14.4 Å². The van der Waals surface area contributed by atoms with Crippen LogP contribution in [0.5, 0.6) is 11.8 Å². The van der Waals surface area contributed by atoms with Gasteiger partial charge < -0.3 is 28.7 Å². The lowest BCUT2D eigenvalue weighted by molar-refractivity contribution is 0.0206. The highest BCUT2D eigenvalue weighted by atomic mass is 19.1. The summed E-state index contributed by atoms with van der Waals surface area (Å²) >= 11 is 0. The Labute approximate surface area is 425 Å². The molecule has 12 rings (SSSR count). The third-order valence-corrected chi connectivity index (χ3v) is 15.3. The highest BCUT2D eigenvalue weighted by molar-refractivity contribution is 6.06. The summed E-state index contributed by atoms with van der Waals surface area (Å²) in [5, 5.41) is 7.05. The van der Waals surface area contributed by atoms with Gasteiger partial charge in [0.25, 0.3) is 0 Å². The molecule has 6 aromatic carbocycles. The van der Waals surface area contributed by atoms with E-state index in [2.05, 4.69) is 109 Å². The number of fused-ring (bicyclic) bond motifs is 4. The first-order valence-corrected chi connectivity index (χ1v) is 25.9. The minimum atomic E-state index is -0.943. The number of rotatable bonds is 12. The molecule has 2 bridgehead atoms. The van der Waals surface area contributed by atoms with Crippen LogP contribution >= 0.6 is 0 Å². The molecule has 0 unspecified atom stereocenters. The van der Waals surface area contributed by atoms with E-state index in [1.54, 1.807) is 6.07 Å². The molecule has 1 aliphatic carbocycles. The first kappa shape index (κ1) is 46.7. The Morgan fingerprint density at radius 2 is 1.37 bits per heavy atom. The molecule has 2 aromatic heterocycles. The molecule has 8 aromatic rings. The number of halogens is 1. The topological polar surface area (TPSA) is 104 Å². The maximum atomic E-state index is 17.3. The van der Waals surface area contributed by atoms with Crippen LogP contribution in [0.15, 0.2) is 140 Å². The molecule has 4 aliphatic rings. The number of benzene rings is 6. The molecule has 5 heterocycles. The average Bonchev–Trinajstić information content (AvgIpc) is 3.84. The van der Waals surface area contributed by atoms with E-state index in [-0.39, 0.29) is 42.0 Å². The molecular formula is C61H61FN6O5. The number of carbonyl (C=O) groups is 1. The fourth-order valence-corrected chi connectivity index (χ4v) is 11.6. The Morgan fingerprint density at radius 1 is 0.753 bits per heavy atom. The second-order valence-corrected chi connectivity index (χ2v) is 21.3. The Hall–Kier alpha value is -7.31. The van der Waals surface area contributed by atoms with E-state index in [4.69, 9.17) is 34.0 Å². The number of nitrogens with zero attached hydrogens (tertiary/aromatic N) is 6. The summed E-state index contributed by atoms with van der Waals surface area (Å²) in [6, 6.07) is 45.5. The highest BCUT2D eigenvalue weighted by Gasteiger charge is 2.48. The maximum absolute atomic E-state index is 17.3. The van der Waals surface area contributed by atoms with Crippen LogP contribution in [0, 0.1) is 12.7 Å². The molecule has 11 nitrogen and oxygen atoms in total. The number of amides is 1. The maximum Gasteiger partial charge on any atom is 0.410 e. The molecule has 3 atom stereocenters. The van der Waals surface area contributed by atoms with Crippen molar-refractivity contribution in [2.45, 2.75) is 108 Å². The first-order chi connectivity index (χ1) is 35.4. The fraction of sp³-hybridized carbons (Fsp3) is 0.344. The van der Waals surface area contributed by atoms with Crippen molar-refractivity contribution in [1.29, 1.82) is 0 Å². The molecule has 1 amide bonds. The molecule has 4 fully saturated rings. The minimum absolute atomic E-state index is 0.0155. The number of carbonyl (C=O) groups excluding carboxylic acids is 1. The van der Waals surface area contributed by atoms with Crippen molar-refractivity contribution in [2.24, 2.45) is 0 Å². The van der Waals surface area contributed by atoms with Crippen molar-refractivity contribution < 1.29 is 28.1 Å². The van der Waals surface area contributed by atoms with Crippen molar-refractivity contribution in [3.05, 3.63) is 179 Å².